The van der Waals surface area contributed by atoms with Crippen molar-refractivity contribution in [1.82, 2.24) is 0 Å². The Balaban J connectivity index is 4.37. The number of rotatable bonds is 54. The lowest BCUT2D eigenvalue weighted by Gasteiger charge is -2.18. The molecule has 0 aromatic carbocycles. The highest BCUT2D eigenvalue weighted by molar-refractivity contribution is 5.71. The molecule has 0 amide bonds. The maximum absolute atomic E-state index is 12.9. The minimum Gasteiger partial charge on any atom is -0.462 e. The van der Waals surface area contributed by atoms with Gasteiger partial charge in [0.2, 0.25) is 0 Å². The van der Waals surface area contributed by atoms with Gasteiger partial charge in [0, 0.05) is 19.3 Å². The highest BCUT2D eigenvalue weighted by Gasteiger charge is 2.19. The Bertz CT molecular complexity index is 1370. The van der Waals surface area contributed by atoms with Crippen molar-refractivity contribution in [1.29, 1.82) is 0 Å². The van der Waals surface area contributed by atoms with E-state index in [1.165, 1.54) is 173 Å². The van der Waals surface area contributed by atoms with Crippen LogP contribution < -0.4 is 0 Å². The summed E-state index contributed by atoms with van der Waals surface area (Å²) < 4.78 is 16.8. The Morgan fingerprint density at radius 1 is 0.296 bits per heavy atom. The van der Waals surface area contributed by atoms with E-state index in [0.717, 1.165) is 70.6 Å². The molecule has 0 bridgehead atoms. The standard InChI is InChI=1S/C65H112O6/c1-4-7-10-13-16-19-22-25-27-29-30-31-32-33-34-36-37-40-43-46-49-52-55-58-64(67)70-61-62(60-69-63(66)57-54-51-48-45-42-39-24-21-18-15-12-9-6-3)71-65(68)59-56-53-50-47-44-41-38-35-28-26-23-20-17-14-11-8-5-2/h9,12,18,21-22,25-26,28-30,39,42,48,51,62H,4-8,10-11,13-17,19-20,23-24,27,31-38,40-41,43-47,49-50,52-61H2,1-3H3/b12-9-,21-18-,25-22-,28-26-,30-29-,42-39-,51-48-. The van der Waals surface area contributed by atoms with Crippen molar-refractivity contribution in [2.45, 2.75) is 297 Å². The monoisotopic (exact) mass is 989 g/mol. The average Bonchev–Trinajstić information content (AvgIpc) is 3.37. The number of hydrogen-bond acceptors (Lipinski definition) is 6. The molecule has 71 heavy (non-hydrogen) atoms. The smallest absolute Gasteiger partial charge is 0.306 e. The Morgan fingerprint density at radius 3 is 0.958 bits per heavy atom. The van der Waals surface area contributed by atoms with Gasteiger partial charge < -0.3 is 14.2 Å². The number of allylic oxidation sites excluding steroid dienone is 14. The summed E-state index contributed by atoms with van der Waals surface area (Å²) in [4.78, 5) is 38.1. The fraction of sp³-hybridized carbons (Fsp3) is 0.738. The van der Waals surface area contributed by atoms with Crippen LogP contribution in [0.1, 0.15) is 290 Å². The van der Waals surface area contributed by atoms with Crippen LogP contribution in [0.5, 0.6) is 0 Å². The molecule has 1 unspecified atom stereocenters. The maximum Gasteiger partial charge on any atom is 0.306 e. The van der Waals surface area contributed by atoms with Gasteiger partial charge in [0.15, 0.2) is 6.10 Å². The Hall–Kier alpha value is -3.41. The van der Waals surface area contributed by atoms with E-state index in [9.17, 15) is 14.4 Å². The Labute approximate surface area is 439 Å². The van der Waals surface area contributed by atoms with Gasteiger partial charge in [-0.05, 0) is 103 Å². The fourth-order valence-electron chi connectivity index (χ4n) is 8.36. The van der Waals surface area contributed by atoms with Gasteiger partial charge in [-0.15, -0.1) is 0 Å². The van der Waals surface area contributed by atoms with Crippen LogP contribution >= 0.6 is 0 Å². The minimum absolute atomic E-state index is 0.101. The minimum atomic E-state index is -0.809. The summed E-state index contributed by atoms with van der Waals surface area (Å²) in [6, 6.07) is 0. The molecule has 6 heteroatoms. The molecular formula is C65H112O6. The van der Waals surface area contributed by atoms with Crippen molar-refractivity contribution < 1.29 is 28.6 Å². The lowest BCUT2D eigenvalue weighted by Crippen LogP contribution is -2.30. The normalized spacial score (nSPS) is 12.7. The van der Waals surface area contributed by atoms with Gasteiger partial charge >= 0.3 is 17.9 Å². The Morgan fingerprint density at radius 2 is 0.577 bits per heavy atom. The first-order chi connectivity index (χ1) is 35.0. The first kappa shape index (κ1) is 67.6. The van der Waals surface area contributed by atoms with E-state index in [1.807, 2.05) is 6.08 Å². The molecule has 1 atom stereocenters. The number of unbranched alkanes of at least 4 members (excludes halogenated alkanes) is 29. The first-order valence-corrected chi connectivity index (χ1v) is 30.1. The molecule has 0 aliphatic heterocycles. The topological polar surface area (TPSA) is 78.9 Å². The predicted octanol–water partition coefficient (Wildman–Crippen LogP) is 20.3. The number of carbonyl (C=O) groups is 3. The third-order valence-electron chi connectivity index (χ3n) is 12.9. The molecule has 0 spiro atoms. The van der Waals surface area contributed by atoms with Crippen molar-refractivity contribution in [3.8, 4) is 0 Å². The van der Waals surface area contributed by atoms with Crippen LogP contribution in [-0.4, -0.2) is 37.2 Å². The summed E-state index contributed by atoms with van der Waals surface area (Å²) >= 11 is 0. The number of carbonyl (C=O) groups excluding carboxylic acids is 3. The van der Waals surface area contributed by atoms with Crippen LogP contribution in [0.2, 0.25) is 0 Å². The largest absolute Gasteiger partial charge is 0.462 e. The van der Waals surface area contributed by atoms with Crippen molar-refractivity contribution in [3.63, 3.8) is 0 Å². The summed E-state index contributed by atoms with van der Waals surface area (Å²) in [5.41, 5.74) is 0. The number of ether oxygens (including phenoxy) is 3. The molecule has 0 aromatic heterocycles. The molecule has 0 saturated carbocycles. The van der Waals surface area contributed by atoms with Crippen molar-refractivity contribution in [2.24, 2.45) is 0 Å². The quantitative estimate of drug-likeness (QED) is 0.0261. The molecule has 6 nitrogen and oxygen atoms in total. The van der Waals surface area contributed by atoms with Crippen LogP contribution in [0.25, 0.3) is 0 Å². The molecule has 0 heterocycles. The SMILES string of the molecule is CC/C=C\C/C=C\C/C=C\C/C=C\CCC(=O)OCC(COC(=O)CCCCCCCCCCCCC/C=C\C/C=C\CCCCCCC)OC(=O)CCCCCCCCC/C=C\CCCCCCCC. The van der Waals surface area contributed by atoms with Gasteiger partial charge in [-0.25, -0.2) is 0 Å². The molecule has 0 saturated heterocycles. The average molecular weight is 990 g/mol. The second kappa shape index (κ2) is 59.2. The molecule has 408 valence electrons. The van der Waals surface area contributed by atoms with Crippen LogP contribution in [-0.2, 0) is 28.6 Å². The second-order valence-corrected chi connectivity index (χ2v) is 19.9. The summed E-state index contributed by atoms with van der Waals surface area (Å²) in [5.74, 6) is -0.985. The highest BCUT2D eigenvalue weighted by atomic mass is 16.6. The maximum atomic E-state index is 12.9. The van der Waals surface area contributed by atoms with Crippen molar-refractivity contribution in [2.75, 3.05) is 13.2 Å². The van der Waals surface area contributed by atoms with Gasteiger partial charge in [0.1, 0.15) is 13.2 Å². The third kappa shape index (κ3) is 57.4. The van der Waals surface area contributed by atoms with Crippen molar-refractivity contribution in [3.05, 3.63) is 85.1 Å². The lowest BCUT2D eigenvalue weighted by atomic mass is 10.0. The summed E-state index contributed by atoms with van der Waals surface area (Å²) in [6.45, 7) is 6.46. The number of hydrogen-bond donors (Lipinski definition) is 0. The zero-order valence-electron chi connectivity index (χ0n) is 46.7. The van der Waals surface area contributed by atoms with Gasteiger partial charge in [0.05, 0.1) is 0 Å². The molecule has 0 aliphatic rings. The molecule has 0 radical (unpaired) electrons. The van der Waals surface area contributed by atoms with E-state index in [0.29, 0.717) is 19.3 Å². The lowest BCUT2D eigenvalue weighted by molar-refractivity contribution is -0.166. The van der Waals surface area contributed by atoms with Gasteiger partial charge in [-0.1, -0.05) is 254 Å². The van der Waals surface area contributed by atoms with E-state index in [2.05, 4.69) is 99.8 Å². The molecule has 0 fully saturated rings. The first-order valence-electron chi connectivity index (χ1n) is 30.1. The second-order valence-electron chi connectivity index (χ2n) is 19.9. The van der Waals surface area contributed by atoms with Crippen LogP contribution in [0.4, 0.5) is 0 Å². The number of esters is 3. The summed E-state index contributed by atoms with van der Waals surface area (Å²) in [6.07, 6.45) is 77.4. The van der Waals surface area contributed by atoms with Crippen LogP contribution in [0.3, 0.4) is 0 Å². The van der Waals surface area contributed by atoms with E-state index in [4.69, 9.17) is 14.2 Å². The third-order valence-corrected chi connectivity index (χ3v) is 12.9. The Kier molecular flexibility index (Phi) is 56.3. The van der Waals surface area contributed by atoms with Gasteiger partial charge in [-0.2, -0.15) is 0 Å². The highest BCUT2D eigenvalue weighted by Crippen LogP contribution is 2.15. The van der Waals surface area contributed by atoms with Crippen LogP contribution in [0, 0.1) is 0 Å². The van der Waals surface area contributed by atoms with E-state index in [-0.39, 0.29) is 37.5 Å². The fourth-order valence-corrected chi connectivity index (χ4v) is 8.36. The van der Waals surface area contributed by atoms with E-state index in [1.54, 1.807) is 0 Å². The molecule has 0 aliphatic carbocycles. The molecule has 0 N–H and O–H groups in total. The summed E-state index contributed by atoms with van der Waals surface area (Å²) in [5, 5.41) is 0. The molecule has 0 aromatic rings. The van der Waals surface area contributed by atoms with E-state index >= 15 is 0 Å². The summed E-state index contributed by atoms with van der Waals surface area (Å²) in [7, 11) is 0. The van der Waals surface area contributed by atoms with Crippen molar-refractivity contribution >= 4 is 17.9 Å². The van der Waals surface area contributed by atoms with Gasteiger partial charge in [0.25, 0.3) is 0 Å². The zero-order valence-corrected chi connectivity index (χ0v) is 46.7. The predicted molar refractivity (Wildman–Crippen MR) is 307 cm³/mol. The zero-order chi connectivity index (χ0) is 51.4. The van der Waals surface area contributed by atoms with Gasteiger partial charge in [-0.3, -0.25) is 14.4 Å². The van der Waals surface area contributed by atoms with E-state index < -0.39 is 6.10 Å². The molecular weight excluding hydrogens is 877 g/mol. The van der Waals surface area contributed by atoms with Crippen LogP contribution in [0.15, 0.2) is 85.1 Å². The molecule has 0 rings (SSSR count).